The van der Waals surface area contributed by atoms with E-state index in [1.54, 1.807) is 11.3 Å². The van der Waals surface area contributed by atoms with Crippen LogP contribution in [0.4, 0.5) is 5.69 Å². The van der Waals surface area contributed by atoms with Crippen LogP contribution in [-0.2, 0) is 4.79 Å². The minimum Gasteiger partial charge on any atom is -0.325 e. The fourth-order valence-electron chi connectivity index (χ4n) is 1.97. The lowest BCUT2D eigenvalue weighted by Gasteiger charge is -2.28. The van der Waals surface area contributed by atoms with Crippen LogP contribution in [-0.4, -0.2) is 18.5 Å². The lowest BCUT2D eigenvalue weighted by atomic mass is 9.91. The van der Waals surface area contributed by atoms with Gasteiger partial charge in [0, 0.05) is 11.4 Å². The van der Waals surface area contributed by atoms with Crippen molar-refractivity contribution in [3.05, 3.63) is 16.8 Å². The first kappa shape index (κ1) is 13.5. The molecule has 0 aliphatic carbocycles. The highest BCUT2D eigenvalue weighted by Gasteiger charge is 2.27. The second-order valence-electron chi connectivity index (χ2n) is 3.99. The molecule has 2 heterocycles. The molecule has 3 nitrogen and oxygen atoms in total. The van der Waals surface area contributed by atoms with E-state index in [0.29, 0.717) is 0 Å². The van der Waals surface area contributed by atoms with Gasteiger partial charge >= 0.3 is 0 Å². The van der Waals surface area contributed by atoms with Gasteiger partial charge in [0.15, 0.2) is 0 Å². The molecule has 1 aliphatic rings. The number of hydrogen-bond acceptors (Lipinski definition) is 3. The van der Waals surface area contributed by atoms with Crippen LogP contribution >= 0.6 is 23.7 Å². The molecule has 1 aliphatic heterocycles. The van der Waals surface area contributed by atoms with E-state index in [-0.39, 0.29) is 30.3 Å². The Kier molecular flexibility index (Phi) is 5.25. The number of nitrogens with one attached hydrogen (secondary N) is 2. The van der Waals surface area contributed by atoms with Crippen LogP contribution in [0.15, 0.2) is 16.8 Å². The van der Waals surface area contributed by atoms with Gasteiger partial charge in [-0.25, -0.2) is 0 Å². The monoisotopic (exact) mass is 260 g/mol. The number of hydrogen-bond donors (Lipinski definition) is 2. The minimum atomic E-state index is 0. The number of anilines is 1. The summed E-state index contributed by atoms with van der Waals surface area (Å²) in [5, 5.41) is 10.2. The summed E-state index contributed by atoms with van der Waals surface area (Å²) in [6.07, 6.45) is 2.08. The maximum atomic E-state index is 11.9. The van der Waals surface area contributed by atoms with E-state index >= 15 is 0 Å². The van der Waals surface area contributed by atoms with Gasteiger partial charge in [-0.2, -0.15) is 11.3 Å². The van der Waals surface area contributed by atoms with E-state index in [1.807, 2.05) is 16.8 Å². The molecule has 0 aromatic carbocycles. The molecule has 0 bridgehead atoms. The number of carbonyl (C=O) groups is 1. The quantitative estimate of drug-likeness (QED) is 0.858. The van der Waals surface area contributed by atoms with E-state index in [1.165, 1.54) is 0 Å². The summed E-state index contributed by atoms with van der Waals surface area (Å²) in [6, 6.07) is 2.22. The Morgan fingerprint density at radius 1 is 1.62 bits per heavy atom. The van der Waals surface area contributed by atoms with Crippen molar-refractivity contribution in [2.45, 2.75) is 25.8 Å². The zero-order valence-electron chi connectivity index (χ0n) is 9.23. The van der Waals surface area contributed by atoms with Gasteiger partial charge in [0.05, 0.1) is 11.6 Å². The Morgan fingerprint density at radius 3 is 3.06 bits per heavy atom. The number of carbonyl (C=O) groups excluding carboxylic acids is 1. The van der Waals surface area contributed by atoms with Crippen LogP contribution in [0.2, 0.25) is 0 Å². The zero-order chi connectivity index (χ0) is 10.7. The third kappa shape index (κ3) is 3.20. The molecule has 0 spiro atoms. The first-order valence-electron chi connectivity index (χ1n) is 5.34. The van der Waals surface area contributed by atoms with E-state index in [9.17, 15) is 4.79 Å². The largest absolute Gasteiger partial charge is 0.325 e. The van der Waals surface area contributed by atoms with E-state index in [2.05, 4.69) is 17.6 Å². The first-order chi connectivity index (χ1) is 7.27. The summed E-state index contributed by atoms with van der Waals surface area (Å²) in [7, 11) is 0. The molecular formula is C11H17ClN2OS. The SMILES string of the molecule is C[C@H]1NCCC[C@H]1C(=O)Nc1ccsc1.Cl. The van der Waals surface area contributed by atoms with Crippen LogP contribution in [0, 0.1) is 5.92 Å². The van der Waals surface area contributed by atoms with Crippen LogP contribution in [0.3, 0.4) is 0 Å². The van der Waals surface area contributed by atoms with Gasteiger partial charge in [0.2, 0.25) is 5.91 Å². The maximum Gasteiger partial charge on any atom is 0.229 e. The topological polar surface area (TPSA) is 41.1 Å². The molecule has 0 radical (unpaired) electrons. The molecule has 5 heteroatoms. The van der Waals surface area contributed by atoms with Crippen molar-refractivity contribution in [3.8, 4) is 0 Å². The van der Waals surface area contributed by atoms with Crippen LogP contribution in [0.1, 0.15) is 19.8 Å². The summed E-state index contributed by atoms with van der Waals surface area (Å²) >= 11 is 1.60. The van der Waals surface area contributed by atoms with Gasteiger partial charge in [-0.15, -0.1) is 12.4 Å². The summed E-state index contributed by atoms with van der Waals surface area (Å²) < 4.78 is 0. The molecular weight excluding hydrogens is 244 g/mol. The maximum absolute atomic E-state index is 11.9. The van der Waals surface area contributed by atoms with Gasteiger partial charge in [-0.05, 0) is 37.8 Å². The summed E-state index contributed by atoms with van der Waals surface area (Å²) in [5.41, 5.74) is 0.919. The Labute approximate surface area is 106 Å². The molecule has 2 rings (SSSR count). The van der Waals surface area contributed by atoms with Gasteiger partial charge < -0.3 is 10.6 Å². The van der Waals surface area contributed by atoms with Crippen molar-refractivity contribution in [2.75, 3.05) is 11.9 Å². The second kappa shape index (κ2) is 6.23. The summed E-state index contributed by atoms with van der Waals surface area (Å²) in [4.78, 5) is 11.9. The minimum absolute atomic E-state index is 0. The van der Waals surface area contributed by atoms with Crippen LogP contribution in [0.5, 0.6) is 0 Å². The summed E-state index contributed by atoms with van der Waals surface area (Å²) in [6.45, 7) is 3.11. The van der Waals surface area contributed by atoms with E-state index in [0.717, 1.165) is 25.1 Å². The molecule has 16 heavy (non-hydrogen) atoms. The standard InChI is InChI=1S/C11H16N2OS.ClH/c1-8-10(3-2-5-12-8)11(14)13-9-4-6-15-7-9;/h4,6-8,10,12H,2-3,5H2,1H3,(H,13,14);1H/t8-,10-;/m1./s1. The predicted octanol–water partition coefficient (Wildman–Crippen LogP) is 2.50. The van der Waals surface area contributed by atoms with Crippen molar-refractivity contribution < 1.29 is 4.79 Å². The second-order valence-corrected chi connectivity index (χ2v) is 4.77. The molecule has 1 saturated heterocycles. The Morgan fingerprint density at radius 2 is 2.44 bits per heavy atom. The average Bonchev–Trinajstić information content (AvgIpc) is 2.71. The van der Waals surface area contributed by atoms with Crippen LogP contribution < -0.4 is 10.6 Å². The van der Waals surface area contributed by atoms with Gasteiger partial charge in [0.25, 0.3) is 0 Å². The lowest BCUT2D eigenvalue weighted by molar-refractivity contribution is -0.121. The normalized spacial score (nSPS) is 24.6. The number of thiophene rings is 1. The smallest absolute Gasteiger partial charge is 0.229 e. The van der Waals surface area contributed by atoms with Gasteiger partial charge in [-0.3, -0.25) is 4.79 Å². The number of amides is 1. The fourth-order valence-corrected chi connectivity index (χ4v) is 2.56. The fraction of sp³-hybridized carbons (Fsp3) is 0.545. The van der Waals surface area contributed by atoms with Crippen molar-refractivity contribution in [2.24, 2.45) is 5.92 Å². The van der Waals surface area contributed by atoms with Crippen molar-refractivity contribution >= 4 is 35.3 Å². The Balaban J connectivity index is 0.00000128. The van der Waals surface area contributed by atoms with Crippen molar-refractivity contribution in [1.29, 1.82) is 0 Å². The number of piperidine rings is 1. The van der Waals surface area contributed by atoms with Crippen molar-refractivity contribution in [1.82, 2.24) is 5.32 Å². The molecule has 2 N–H and O–H groups in total. The number of halogens is 1. The third-order valence-electron chi connectivity index (χ3n) is 2.89. The van der Waals surface area contributed by atoms with Crippen molar-refractivity contribution in [3.63, 3.8) is 0 Å². The summed E-state index contributed by atoms with van der Waals surface area (Å²) in [5.74, 6) is 0.256. The van der Waals surface area contributed by atoms with Crippen LogP contribution in [0.25, 0.3) is 0 Å². The molecule has 1 amide bonds. The van der Waals surface area contributed by atoms with E-state index < -0.39 is 0 Å². The van der Waals surface area contributed by atoms with Gasteiger partial charge in [0.1, 0.15) is 0 Å². The molecule has 1 aromatic rings. The number of rotatable bonds is 2. The predicted molar refractivity (Wildman–Crippen MR) is 70.4 cm³/mol. The highest BCUT2D eigenvalue weighted by Crippen LogP contribution is 2.19. The lowest BCUT2D eigenvalue weighted by Crippen LogP contribution is -2.44. The molecule has 2 atom stereocenters. The highest BCUT2D eigenvalue weighted by molar-refractivity contribution is 7.08. The molecule has 0 unspecified atom stereocenters. The Hall–Kier alpha value is -0.580. The molecule has 0 saturated carbocycles. The zero-order valence-corrected chi connectivity index (χ0v) is 10.9. The molecule has 1 aromatic heterocycles. The van der Waals surface area contributed by atoms with Gasteiger partial charge in [-0.1, -0.05) is 0 Å². The average molecular weight is 261 g/mol. The third-order valence-corrected chi connectivity index (χ3v) is 3.57. The van der Waals surface area contributed by atoms with E-state index in [4.69, 9.17) is 0 Å². The first-order valence-corrected chi connectivity index (χ1v) is 6.28. The molecule has 1 fully saturated rings. The Bertz CT molecular complexity index is 329. The highest BCUT2D eigenvalue weighted by atomic mass is 35.5. The molecule has 90 valence electrons.